The third kappa shape index (κ3) is 7.30. The van der Waals surface area contributed by atoms with Gasteiger partial charge in [0.2, 0.25) is 11.8 Å². The molecule has 2 bridgehead atoms. The summed E-state index contributed by atoms with van der Waals surface area (Å²) in [7, 11) is 0. The van der Waals surface area contributed by atoms with Crippen molar-refractivity contribution in [2.45, 2.75) is 32.8 Å². The number of aromatic nitrogens is 2. The van der Waals surface area contributed by atoms with Crippen molar-refractivity contribution in [3.05, 3.63) is 89.0 Å². The highest BCUT2D eigenvalue weighted by Crippen LogP contribution is 2.35. The van der Waals surface area contributed by atoms with Crippen LogP contribution < -0.4 is 10.1 Å². The molecule has 0 saturated carbocycles. The molecule has 1 saturated heterocycles. The van der Waals surface area contributed by atoms with E-state index in [4.69, 9.17) is 9.47 Å². The molecule has 1 aromatic heterocycles. The zero-order valence-electron chi connectivity index (χ0n) is 24.1. The van der Waals surface area contributed by atoms with Crippen LogP contribution in [0.2, 0.25) is 0 Å². The first kappa shape index (κ1) is 29.2. The van der Waals surface area contributed by atoms with Crippen molar-refractivity contribution >= 4 is 17.7 Å². The normalized spacial score (nSPS) is 19.3. The van der Waals surface area contributed by atoms with Crippen LogP contribution in [-0.4, -0.2) is 83.4 Å². The molecule has 2 aliphatic rings. The monoisotopic (exact) mass is 571 g/mol. The Bertz CT molecular complexity index is 1400. The van der Waals surface area contributed by atoms with Gasteiger partial charge < -0.3 is 24.6 Å². The first-order valence-corrected chi connectivity index (χ1v) is 14.4. The standard InChI is InChI=1S/C32H37N5O5/c1-22-16-29(35-23(2)34-22)32(40)37-18-27-25-10-6-11-26(17-25)42-15-7-13-36(14-12-33-31(39)28(27)19-37)30(38)21-41-20-24-8-4-3-5-9-24/h3-6,8-11,16-17,27-28H,7,12-15,18-21H2,1-2H3,(H,33,39)/t27-,28+/m1/s1. The van der Waals surface area contributed by atoms with Crippen molar-refractivity contribution < 1.29 is 23.9 Å². The van der Waals surface area contributed by atoms with Crippen molar-refractivity contribution in [1.82, 2.24) is 25.1 Å². The van der Waals surface area contributed by atoms with Gasteiger partial charge in [0.25, 0.3) is 5.91 Å². The lowest BCUT2D eigenvalue weighted by atomic mass is 9.88. The second-order valence-electron chi connectivity index (χ2n) is 10.8. The lowest BCUT2D eigenvalue weighted by Crippen LogP contribution is -2.43. The van der Waals surface area contributed by atoms with E-state index in [-0.39, 0.29) is 36.8 Å². The average molecular weight is 572 g/mol. The lowest BCUT2D eigenvalue weighted by Gasteiger charge is -2.25. The Hall–Kier alpha value is -4.31. The molecular formula is C32H37N5O5. The number of benzene rings is 2. The zero-order valence-corrected chi connectivity index (χ0v) is 24.1. The second-order valence-corrected chi connectivity index (χ2v) is 10.8. The highest BCUT2D eigenvalue weighted by Gasteiger charge is 2.41. The maximum atomic E-state index is 13.5. The molecule has 0 spiro atoms. The van der Waals surface area contributed by atoms with Gasteiger partial charge >= 0.3 is 0 Å². The van der Waals surface area contributed by atoms with Crippen LogP contribution in [0.5, 0.6) is 5.75 Å². The second kappa shape index (κ2) is 13.6. The van der Waals surface area contributed by atoms with Gasteiger partial charge in [0.1, 0.15) is 23.9 Å². The number of amides is 3. The Kier molecular flexibility index (Phi) is 9.43. The van der Waals surface area contributed by atoms with Crippen LogP contribution in [0.1, 0.15) is 45.5 Å². The lowest BCUT2D eigenvalue weighted by molar-refractivity contribution is -0.137. The van der Waals surface area contributed by atoms with Crippen molar-refractivity contribution in [3.63, 3.8) is 0 Å². The number of nitrogens with one attached hydrogen (secondary N) is 1. The third-order valence-corrected chi connectivity index (χ3v) is 7.63. The van der Waals surface area contributed by atoms with Crippen LogP contribution >= 0.6 is 0 Å². The molecule has 42 heavy (non-hydrogen) atoms. The summed E-state index contributed by atoms with van der Waals surface area (Å²) in [5, 5.41) is 3.03. The molecule has 5 rings (SSSR count). The van der Waals surface area contributed by atoms with Crippen LogP contribution in [0, 0.1) is 19.8 Å². The van der Waals surface area contributed by atoms with Gasteiger partial charge in [-0.25, -0.2) is 9.97 Å². The number of hydrogen-bond acceptors (Lipinski definition) is 7. The van der Waals surface area contributed by atoms with E-state index in [1.165, 1.54) is 0 Å². The highest BCUT2D eigenvalue weighted by atomic mass is 16.5. The fraction of sp³-hybridized carbons (Fsp3) is 0.406. The van der Waals surface area contributed by atoms with Gasteiger partial charge in [-0.05, 0) is 49.6 Å². The predicted octanol–water partition coefficient (Wildman–Crippen LogP) is 2.89. The van der Waals surface area contributed by atoms with Gasteiger partial charge in [-0.15, -0.1) is 0 Å². The maximum absolute atomic E-state index is 13.5. The number of carbonyl (C=O) groups is 3. The average Bonchev–Trinajstić information content (AvgIpc) is 3.43. The Morgan fingerprint density at radius 1 is 0.976 bits per heavy atom. The molecule has 0 radical (unpaired) electrons. The van der Waals surface area contributed by atoms with Gasteiger partial charge in [-0.3, -0.25) is 14.4 Å². The fourth-order valence-corrected chi connectivity index (χ4v) is 5.57. The van der Waals surface area contributed by atoms with E-state index in [0.717, 1.165) is 16.8 Å². The van der Waals surface area contributed by atoms with E-state index in [9.17, 15) is 14.4 Å². The number of carbonyl (C=O) groups excluding carboxylic acids is 3. The Labute approximate surface area is 246 Å². The highest BCUT2D eigenvalue weighted by molar-refractivity contribution is 5.93. The van der Waals surface area contributed by atoms with Gasteiger partial charge in [0, 0.05) is 44.3 Å². The predicted molar refractivity (Wildman–Crippen MR) is 156 cm³/mol. The summed E-state index contributed by atoms with van der Waals surface area (Å²) in [4.78, 5) is 52.0. The molecular weight excluding hydrogens is 534 g/mol. The molecule has 3 aromatic rings. The van der Waals surface area contributed by atoms with Crippen LogP contribution in [0.4, 0.5) is 0 Å². The Balaban J connectivity index is 1.29. The third-order valence-electron chi connectivity index (χ3n) is 7.63. The molecule has 10 nitrogen and oxygen atoms in total. The van der Waals surface area contributed by atoms with Crippen LogP contribution in [0.3, 0.4) is 0 Å². The molecule has 2 aromatic carbocycles. The number of fused-ring (bicyclic) bond motifs is 4. The summed E-state index contributed by atoms with van der Waals surface area (Å²) < 4.78 is 11.7. The number of hydrogen-bond donors (Lipinski definition) is 1. The van der Waals surface area contributed by atoms with Crippen molar-refractivity contribution in [1.29, 1.82) is 0 Å². The van der Waals surface area contributed by atoms with Crippen molar-refractivity contribution in [2.75, 3.05) is 45.9 Å². The molecule has 3 heterocycles. The minimum Gasteiger partial charge on any atom is -0.494 e. The smallest absolute Gasteiger partial charge is 0.272 e. The van der Waals surface area contributed by atoms with Gasteiger partial charge in [-0.1, -0.05) is 42.5 Å². The minimum atomic E-state index is -0.463. The minimum absolute atomic E-state index is 0.0461. The summed E-state index contributed by atoms with van der Waals surface area (Å²) >= 11 is 0. The Morgan fingerprint density at radius 3 is 2.60 bits per heavy atom. The molecule has 2 aliphatic heterocycles. The molecule has 0 aliphatic carbocycles. The number of nitrogens with zero attached hydrogens (tertiary/aromatic N) is 4. The maximum Gasteiger partial charge on any atom is 0.272 e. The zero-order chi connectivity index (χ0) is 29.5. The van der Waals surface area contributed by atoms with E-state index >= 15 is 0 Å². The number of likely N-dealkylation sites (tertiary alicyclic amines) is 1. The van der Waals surface area contributed by atoms with Gasteiger partial charge in [-0.2, -0.15) is 0 Å². The summed E-state index contributed by atoms with van der Waals surface area (Å²) in [6.07, 6.45) is 0.634. The molecule has 2 atom stereocenters. The molecule has 1 fully saturated rings. The Morgan fingerprint density at radius 2 is 1.79 bits per heavy atom. The van der Waals surface area contributed by atoms with E-state index in [1.54, 1.807) is 22.8 Å². The van der Waals surface area contributed by atoms with Crippen LogP contribution in [0.25, 0.3) is 0 Å². The first-order chi connectivity index (χ1) is 20.4. The SMILES string of the molecule is Cc1cc(C(=O)N2C[C@@H]3C(=O)NCCN(C(=O)COCc4ccccc4)CCCOc4cccc(c4)[C@H]3C2)nc(C)n1. The summed E-state index contributed by atoms with van der Waals surface area (Å²) in [5.41, 5.74) is 2.99. The summed E-state index contributed by atoms with van der Waals surface area (Å²) in [6.45, 7) is 6.10. The summed E-state index contributed by atoms with van der Waals surface area (Å²) in [5.74, 6) is 0.0363. The van der Waals surface area contributed by atoms with Crippen molar-refractivity contribution in [3.8, 4) is 5.75 Å². The number of aryl methyl sites for hydroxylation is 2. The van der Waals surface area contributed by atoms with Crippen LogP contribution in [0.15, 0.2) is 60.7 Å². The number of rotatable bonds is 5. The fourth-order valence-electron chi connectivity index (χ4n) is 5.57. The largest absolute Gasteiger partial charge is 0.494 e. The van der Waals surface area contributed by atoms with E-state index in [1.807, 2.05) is 61.5 Å². The van der Waals surface area contributed by atoms with Crippen molar-refractivity contribution in [2.24, 2.45) is 5.92 Å². The van der Waals surface area contributed by atoms with E-state index in [2.05, 4.69) is 15.3 Å². The quantitative estimate of drug-likeness (QED) is 0.501. The van der Waals surface area contributed by atoms with Gasteiger partial charge in [0.15, 0.2) is 0 Å². The van der Waals surface area contributed by atoms with E-state index in [0.29, 0.717) is 63.1 Å². The topological polar surface area (TPSA) is 114 Å². The molecule has 0 unspecified atom stereocenters. The molecule has 10 heteroatoms. The molecule has 1 N–H and O–H groups in total. The summed E-state index contributed by atoms with van der Waals surface area (Å²) in [6, 6.07) is 19.1. The number of ether oxygens (including phenoxy) is 2. The molecule has 220 valence electrons. The van der Waals surface area contributed by atoms with Crippen LogP contribution in [-0.2, 0) is 20.9 Å². The van der Waals surface area contributed by atoms with E-state index < -0.39 is 5.92 Å². The van der Waals surface area contributed by atoms with Gasteiger partial charge in [0.05, 0.1) is 19.1 Å². The first-order valence-electron chi connectivity index (χ1n) is 14.4. The molecule has 3 amide bonds.